The smallest absolute Gasteiger partial charge is 0.0542 e. The fraction of sp³-hybridized carbons (Fsp3) is 0. The number of hydrogen-bond acceptors (Lipinski definition) is 2. The highest BCUT2D eigenvalue weighted by atomic mass is 32.1. The van der Waals surface area contributed by atoms with Crippen molar-refractivity contribution < 1.29 is 0 Å². The maximum absolute atomic E-state index is 2.40. The van der Waals surface area contributed by atoms with Gasteiger partial charge >= 0.3 is 0 Å². The first-order chi connectivity index (χ1) is 25.3. The Morgan fingerprint density at radius 2 is 0.843 bits per heavy atom. The SMILES string of the molecule is c1ccc(-c2ccc(-c3ccc(N(c4ccc5c(c4)sc4ccccc45)c4ccc5c(c4)c4ccccc4n5-c4ccccc4)cc3)cc2)cc1. The molecule has 8 aromatic carbocycles. The molecule has 10 rings (SSSR count). The molecule has 3 heteroatoms. The Balaban J connectivity index is 1.11. The summed E-state index contributed by atoms with van der Waals surface area (Å²) >= 11 is 1.86. The minimum absolute atomic E-state index is 1.12. The first-order valence-electron chi connectivity index (χ1n) is 17.3. The largest absolute Gasteiger partial charge is 0.310 e. The molecule has 0 atom stereocenters. The Morgan fingerprint density at radius 1 is 0.333 bits per heavy atom. The number of anilines is 3. The number of aromatic nitrogens is 1. The van der Waals surface area contributed by atoms with Crippen LogP contribution in [0.1, 0.15) is 0 Å². The van der Waals surface area contributed by atoms with Gasteiger partial charge in [0.1, 0.15) is 0 Å². The molecule has 0 unspecified atom stereocenters. The van der Waals surface area contributed by atoms with E-state index in [1.54, 1.807) is 0 Å². The third-order valence-corrected chi connectivity index (χ3v) is 11.1. The molecule has 0 saturated heterocycles. The molecule has 0 N–H and O–H groups in total. The lowest BCUT2D eigenvalue weighted by Gasteiger charge is -2.26. The van der Waals surface area contributed by atoms with Gasteiger partial charge in [0, 0.05) is 53.7 Å². The molecule has 2 aromatic heterocycles. The third-order valence-electron chi connectivity index (χ3n) is 10.0. The second-order valence-corrected chi connectivity index (χ2v) is 14.1. The Kier molecular flexibility index (Phi) is 7.04. The van der Waals surface area contributed by atoms with Crippen molar-refractivity contribution >= 4 is 70.4 Å². The van der Waals surface area contributed by atoms with Crippen molar-refractivity contribution in [2.45, 2.75) is 0 Å². The van der Waals surface area contributed by atoms with Crippen LogP contribution in [0.15, 0.2) is 194 Å². The molecule has 0 saturated carbocycles. The van der Waals surface area contributed by atoms with Crippen LogP contribution in [0.4, 0.5) is 17.1 Å². The molecule has 240 valence electrons. The Hall–Kier alpha value is -6.42. The number of benzene rings is 8. The van der Waals surface area contributed by atoms with Gasteiger partial charge in [-0.3, -0.25) is 0 Å². The van der Waals surface area contributed by atoms with Crippen molar-refractivity contribution in [3.8, 4) is 27.9 Å². The van der Waals surface area contributed by atoms with E-state index in [2.05, 4.69) is 204 Å². The molecule has 10 aromatic rings. The van der Waals surface area contributed by atoms with Crippen molar-refractivity contribution in [3.05, 3.63) is 194 Å². The predicted molar refractivity (Wildman–Crippen MR) is 219 cm³/mol. The highest BCUT2D eigenvalue weighted by molar-refractivity contribution is 7.25. The fourth-order valence-electron chi connectivity index (χ4n) is 7.54. The van der Waals surface area contributed by atoms with E-state index in [9.17, 15) is 0 Å². The summed E-state index contributed by atoms with van der Waals surface area (Å²) in [5.41, 5.74) is 11.8. The van der Waals surface area contributed by atoms with E-state index in [1.807, 2.05) is 11.3 Å². The number of thiophene rings is 1. The first kappa shape index (κ1) is 29.5. The molecular weight excluding hydrogens is 637 g/mol. The van der Waals surface area contributed by atoms with Gasteiger partial charge in [0.25, 0.3) is 0 Å². The molecule has 2 nitrogen and oxygen atoms in total. The molecule has 0 aliphatic rings. The Labute approximate surface area is 300 Å². The van der Waals surface area contributed by atoms with Crippen molar-refractivity contribution in [1.29, 1.82) is 0 Å². The van der Waals surface area contributed by atoms with Gasteiger partial charge in [-0.1, -0.05) is 127 Å². The number of nitrogens with zero attached hydrogens (tertiary/aromatic N) is 2. The van der Waals surface area contributed by atoms with E-state index >= 15 is 0 Å². The summed E-state index contributed by atoms with van der Waals surface area (Å²) < 4.78 is 4.98. The summed E-state index contributed by atoms with van der Waals surface area (Å²) in [7, 11) is 0. The normalized spacial score (nSPS) is 11.5. The molecule has 0 fully saturated rings. The van der Waals surface area contributed by atoms with Gasteiger partial charge in [-0.2, -0.15) is 0 Å². The van der Waals surface area contributed by atoms with E-state index < -0.39 is 0 Å². The first-order valence-corrected chi connectivity index (χ1v) is 18.2. The van der Waals surface area contributed by atoms with Gasteiger partial charge in [-0.05, 0) is 89.0 Å². The Bertz CT molecular complexity index is 2830. The summed E-state index contributed by atoms with van der Waals surface area (Å²) in [6, 6.07) is 70.4. The van der Waals surface area contributed by atoms with Crippen molar-refractivity contribution in [1.82, 2.24) is 4.57 Å². The summed E-state index contributed by atoms with van der Waals surface area (Å²) in [6.45, 7) is 0. The van der Waals surface area contributed by atoms with Crippen LogP contribution in [0.5, 0.6) is 0 Å². The highest BCUT2D eigenvalue weighted by Gasteiger charge is 2.18. The molecule has 0 bridgehead atoms. The van der Waals surface area contributed by atoms with E-state index in [1.165, 1.54) is 64.2 Å². The lowest BCUT2D eigenvalue weighted by molar-refractivity contribution is 1.18. The van der Waals surface area contributed by atoms with Gasteiger partial charge in [0.2, 0.25) is 0 Å². The molecular formula is C48H32N2S. The Morgan fingerprint density at radius 3 is 1.59 bits per heavy atom. The average Bonchev–Trinajstić information content (AvgIpc) is 3.74. The maximum Gasteiger partial charge on any atom is 0.0542 e. The zero-order valence-corrected chi connectivity index (χ0v) is 28.6. The van der Waals surface area contributed by atoms with Crippen LogP contribution in [0.25, 0.3) is 69.9 Å². The molecule has 0 aliphatic heterocycles. The zero-order valence-electron chi connectivity index (χ0n) is 27.8. The van der Waals surface area contributed by atoms with Crippen LogP contribution in [0, 0.1) is 0 Å². The van der Waals surface area contributed by atoms with E-state index in [0.717, 1.165) is 22.7 Å². The topological polar surface area (TPSA) is 8.17 Å². The fourth-order valence-corrected chi connectivity index (χ4v) is 8.68. The van der Waals surface area contributed by atoms with Gasteiger partial charge in [-0.25, -0.2) is 0 Å². The molecule has 0 amide bonds. The van der Waals surface area contributed by atoms with Crippen LogP contribution in [-0.2, 0) is 0 Å². The van der Waals surface area contributed by atoms with Crippen LogP contribution >= 0.6 is 11.3 Å². The van der Waals surface area contributed by atoms with Crippen LogP contribution in [-0.4, -0.2) is 4.57 Å². The standard InChI is InChI=1S/C48H32N2S/c1-3-11-33(12-4-1)34-19-21-35(22-20-34)36-23-25-38(26-24-36)49(40-27-29-43-42-16-8-10-18-47(42)51-48(43)32-40)39-28-30-46-44(31-39)41-15-7-9-17-45(41)50(46)37-13-5-2-6-14-37/h1-32H. The number of para-hydroxylation sites is 2. The molecule has 0 spiro atoms. The predicted octanol–water partition coefficient (Wildman–Crippen LogP) is 14.0. The van der Waals surface area contributed by atoms with Crippen molar-refractivity contribution in [2.24, 2.45) is 0 Å². The molecule has 51 heavy (non-hydrogen) atoms. The molecule has 0 radical (unpaired) electrons. The minimum Gasteiger partial charge on any atom is -0.310 e. The second kappa shape index (κ2) is 12.2. The summed E-state index contributed by atoms with van der Waals surface area (Å²) in [5.74, 6) is 0. The molecule has 0 aliphatic carbocycles. The van der Waals surface area contributed by atoms with E-state index in [-0.39, 0.29) is 0 Å². The average molecular weight is 669 g/mol. The van der Waals surface area contributed by atoms with Gasteiger partial charge in [0.05, 0.1) is 11.0 Å². The summed E-state index contributed by atoms with van der Waals surface area (Å²) in [4.78, 5) is 2.40. The van der Waals surface area contributed by atoms with Crippen LogP contribution < -0.4 is 4.90 Å². The van der Waals surface area contributed by atoms with Crippen molar-refractivity contribution in [2.75, 3.05) is 4.90 Å². The van der Waals surface area contributed by atoms with Crippen LogP contribution in [0.2, 0.25) is 0 Å². The van der Waals surface area contributed by atoms with Crippen molar-refractivity contribution in [3.63, 3.8) is 0 Å². The summed E-state index contributed by atoms with van der Waals surface area (Å²) in [6.07, 6.45) is 0. The second-order valence-electron chi connectivity index (χ2n) is 13.0. The van der Waals surface area contributed by atoms with E-state index in [0.29, 0.717) is 0 Å². The lowest BCUT2D eigenvalue weighted by Crippen LogP contribution is -2.09. The highest BCUT2D eigenvalue weighted by Crippen LogP contribution is 2.43. The number of hydrogen-bond donors (Lipinski definition) is 0. The van der Waals surface area contributed by atoms with Gasteiger partial charge in [0.15, 0.2) is 0 Å². The van der Waals surface area contributed by atoms with E-state index in [4.69, 9.17) is 0 Å². The minimum atomic E-state index is 1.12. The quantitative estimate of drug-likeness (QED) is 0.171. The molecule has 2 heterocycles. The number of rotatable bonds is 6. The monoisotopic (exact) mass is 668 g/mol. The van der Waals surface area contributed by atoms with Gasteiger partial charge in [-0.15, -0.1) is 11.3 Å². The number of fused-ring (bicyclic) bond motifs is 6. The van der Waals surface area contributed by atoms with Crippen LogP contribution in [0.3, 0.4) is 0 Å². The third kappa shape index (κ3) is 5.10. The van der Waals surface area contributed by atoms with Gasteiger partial charge < -0.3 is 9.47 Å². The summed E-state index contributed by atoms with van der Waals surface area (Å²) in [5, 5.41) is 5.09. The zero-order chi connectivity index (χ0) is 33.7. The maximum atomic E-state index is 2.40. The lowest BCUT2D eigenvalue weighted by atomic mass is 10.00.